The lowest BCUT2D eigenvalue weighted by Crippen LogP contribution is -2.36. The van der Waals surface area contributed by atoms with Crippen LogP contribution in [-0.4, -0.2) is 24.1 Å². The first-order valence-electron chi connectivity index (χ1n) is 4.50. The molecule has 0 aliphatic heterocycles. The van der Waals surface area contributed by atoms with Gasteiger partial charge in [0.15, 0.2) is 0 Å². The normalized spacial score (nSPS) is 12.0. The Morgan fingerprint density at radius 2 is 1.73 bits per heavy atom. The molecule has 0 atom stereocenters. The molecular weight excluding hydrogens is 154 g/mol. The Labute approximate surface area is 75.3 Å². The smallest absolute Gasteiger partial charge is 0.0276 e. The largest absolute Gasteiger partial charge is 0.316 e. The summed E-state index contributed by atoms with van der Waals surface area (Å²) in [6, 6.07) is 0. The molecule has 0 amide bonds. The third-order valence-electron chi connectivity index (χ3n) is 2.42. The van der Waals surface area contributed by atoms with Crippen LogP contribution in [-0.2, 0) is 0 Å². The fraction of sp³-hybridized carbons (Fsp3) is 1.00. The summed E-state index contributed by atoms with van der Waals surface area (Å²) in [5, 5.41) is 3.42. The first-order valence-corrected chi connectivity index (χ1v) is 5.73. The van der Waals surface area contributed by atoms with Crippen LogP contribution in [0.2, 0.25) is 0 Å². The van der Waals surface area contributed by atoms with Crippen LogP contribution >= 0.6 is 11.8 Å². The maximum atomic E-state index is 3.42. The van der Waals surface area contributed by atoms with Crippen LogP contribution < -0.4 is 5.32 Å². The molecule has 1 nitrogen and oxygen atoms in total. The third kappa shape index (κ3) is 3.48. The Morgan fingerprint density at radius 1 is 1.18 bits per heavy atom. The van der Waals surface area contributed by atoms with Gasteiger partial charge in [-0.1, -0.05) is 20.8 Å². The quantitative estimate of drug-likeness (QED) is 0.666. The van der Waals surface area contributed by atoms with Gasteiger partial charge in [0.25, 0.3) is 0 Å². The van der Waals surface area contributed by atoms with E-state index in [-0.39, 0.29) is 0 Å². The highest BCUT2D eigenvalue weighted by atomic mass is 32.2. The van der Waals surface area contributed by atoms with E-state index < -0.39 is 0 Å². The first kappa shape index (κ1) is 11.3. The monoisotopic (exact) mass is 175 g/mol. The van der Waals surface area contributed by atoms with Crippen molar-refractivity contribution < 1.29 is 0 Å². The molecule has 68 valence electrons. The van der Waals surface area contributed by atoms with Gasteiger partial charge in [-0.2, -0.15) is 11.8 Å². The first-order chi connectivity index (χ1) is 5.24. The second kappa shape index (κ2) is 5.90. The maximum Gasteiger partial charge on any atom is 0.0276 e. The molecule has 0 aromatic carbocycles. The zero-order valence-corrected chi connectivity index (χ0v) is 9.05. The average Bonchev–Trinajstić information content (AvgIpc) is 2.08. The van der Waals surface area contributed by atoms with E-state index in [1.54, 1.807) is 0 Å². The van der Waals surface area contributed by atoms with Crippen LogP contribution in [0.15, 0.2) is 0 Å². The third-order valence-corrected chi connectivity index (χ3v) is 4.01. The van der Waals surface area contributed by atoms with E-state index >= 15 is 0 Å². The summed E-state index contributed by atoms with van der Waals surface area (Å²) in [7, 11) is 0. The summed E-state index contributed by atoms with van der Waals surface area (Å²) in [6.07, 6.45) is 4.74. The van der Waals surface area contributed by atoms with E-state index in [1.165, 1.54) is 12.8 Å². The highest BCUT2D eigenvalue weighted by Crippen LogP contribution is 2.29. The van der Waals surface area contributed by atoms with Crippen molar-refractivity contribution in [3.05, 3.63) is 0 Å². The van der Waals surface area contributed by atoms with E-state index in [9.17, 15) is 0 Å². The summed E-state index contributed by atoms with van der Waals surface area (Å²) in [4.78, 5) is 0. The molecule has 0 bridgehead atoms. The van der Waals surface area contributed by atoms with Gasteiger partial charge in [0, 0.05) is 11.3 Å². The standard InChI is InChI=1S/C9H21NS/c1-5-9(6-2,11-4)8-10-7-3/h10H,5-8H2,1-4H3. The molecule has 0 rings (SSSR count). The van der Waals surface area contributed by atoms with Gasteiger partial charge in [0.1, 0.15) is 0 Å². The Hall–Kier alpha value is 0.310. The number of hydrogen-bond donors (Lipinski definition) is 1. The predicted octanol–water partition coefficient (Wildman–Crippen LogP) is 2.52. The van der Waals surface area contributed by atoms with E-state index in [0.29, 0.717) is 4.75 Å². The fourth-order valence-electron chi connectivity index (χ4n) is 1.21. The summed E-state index contributed by atoms with van der Waals surface area (Å²) < 4.78 is 0.482. The lowest BCUT2D eigenvalue weighted by molar-refractivity contribution is 0.503. The molecule has 11 heavy (non-hydrogen) atoms. The highest BCUT2D eigenvalue weighted by Gasteiger charge is 2.23. The van der Waals surface area contributed by atoms with Gasteiger partial charge in [-0.15, -0.1) is 0 Å². The molecule has 1 N–H and O–H groups in total. The minimum Gasteiger partial charge on any atom is -0.316 e. The molecule has 0 aliphatic carbocycles. The van der Waals surface area contributed by atoms with Crippen LogP contribution in [0.5, 0.6) is 0 Å². The number of rotatable bonds is 6. The van der Waals surface area contributed by atoms with Gasteiger partial charge in [-0.3, -0.25) is 0 Å². The van der Waals surface area contributed by atoms with Crippen molar-refractivity contribution in [2.24, 2.45) is 0 Å². The molecular formula is C9H21NS. The fourth-order valence-corrected chi connectivity index (χ4v) is 2.04. The molecule has 0 saturated heterocycles. The van der Waals surface area contributed by atoms with E-state index in [4.69, 9.17) is 0 Å². The highest BCUT2D eigenvalue weighted by molar-refractivity contribution is 8.00. The molecule has 2 heteroatoms. The molecule has 0 fully saturated rings. The van der Waals surface area contributed by atoms with Gasteiger partial charge in [0.2, 0.25) is 0 Å². The average molecular weight is 175 g/mol. The topological polar surface area (TPSA) is 12.0 Å². The van der Waals surface area contributed by atoms with Crippen LogP contribution in [0.3, 0.4) is 0 Å². The van der Waals surface area contributed by atoms with Crippen molar-refractivity contribution in [3.63, 3.8) is 0 Å². The molecule has 0 aromatic rings. The van der Waals surface area contributed by atoms with Crippen LogP contribution in [0.25, 0.3) is 0 Å². The van der Waals surface area contributed by atoms with Crippen molar-refractivity contribution in [1.29, 1.82) is 0 Å². The van der Waals surface area contributed by atoms with Crippen molar-refractivity contribution in [2.75, 3.05) is 19.3 Å². The second-order valence-electron chi connectivity index (χ2n) is 2.87. The van der Waals surface area contributed by atoms with Gasteiger partial charge in [0.05, 0.1) is 0 Å². The van der Waals surface area contributed by atoms with E-state index in [2.05, 4.69) is 32.3 Å². The Balaban J connectivity index is 3.84. The lowest BCUT2D eigenvalue weighted by Gasteiger charge is -2.29. The van der Waals surface area contributed by atoms with Crippen molar-refractivity contribution in [3.8, 4) is 0 Å². The SMILES string of the molecule is CCNCC(CC)(CC)SC. The van der Waals surface area contributed by atoms with Crippen molar-refractivity contribution in [2.45, 2.75) is 38.4 Å². The Morgan fingerprint density at radius 3 is 2.00 bits per heavy atom. The van der Waals surface area contributed by atoms with Gasteiger partial charge < -0.3 is 5.32 Å². The van der Waals surface area contributed by atoms with Crippen LogP contribution in [0, 0.1) is 0 Å². The Bertz CT molecular complexity index is 81.3. The minimum absolute atomic E-state index is 0.482. The lowest BCUT2D eigenvalue weighted by atomic mass is 10.0. The number of hydrogen-bond acceptors (Lipinski definition) is 2. The summed E-state index contributed by atoms with van der Waals surface area (Å²) in [5.74, 6) is 0. The molecule has 0 radical (unpaired) electrons. The van der Waals surface area contributed by atoms with E-state index in [0.717, 1.165) is 13.1 Å². The van der Waals surface area contributed by atoms with Gasteiger partial charge in [-0.25, -0.2) is 0 Å². The van der Waals surface area contributed by atoms with Crippen LogP contribution in [0.4, 0.5) is 0 Å². The molecule has 0 unspecified atom stereocenters. The molecule has 0 spiro atoms. The van der Waals surface area contributed by atoms with Crippen molar-refractivity contribution in [1.82, 2.24) is 5.32 Å². The zero-order chi connectivity index (χ0) is 8.74. The molecule has 0 aliphatic rings. The van der Waals surface area contributed by atoms with E-state index in [1.807, 2.05) is 11.8 Å². The summed E-state index contributed by atoms with van der Waals surface area (Å²) in [5.41, 5.74) is 0. The number of thioether (sulfide) groups is 1. The summed E-state index contributed by atoms with van der Waals surface area (Å²) >= 11 is 1.99. The van der Waals surface area contributed by atoms with Gasteiger partial charge >= 0.3 is 0 Å². The van der Waals surface area contributed by atoms with Crippen molar-refractivity contribution >= 4 is 11.8 Å². The predicted molar refractivity (Wildman–Crippen MR) is 55.4 cm³/mol. The maximum absolute atomic E-state index is 3.42. The molecule has 0 heterocycles. The zero-order valence-electron chi connectivity index (χ0n) is 8.24. The second-order valence-corrected chi connectivity index (χ2v) is 4.15. The summed E-state index contributed by atoms with van der Waals surface area (Å²) in [6.45, 7) is 8.95. The van der Waals surface area contributed by atoms with Crippen LogP contribution in [0.1, 0.15) is 33.6 Å². The minimum atomic E-state index is 0.482. The number of nitrogens with one attached hydrogen (secondary N) is 1. The van der Waals surface area contributed by atoms with Gasteiger partial charge in [-0.05, 0) is 25.6 Å². The Kier molecular flexibility index (Phi) is 6.06. The molecule has 0 saturated carbocycles. The molecule has 0 aromatic heterocycles.